The third-order valence-corrected chi connectivity index (χ3v) is 2.70. The van der Waals surface area contributed by atoms with Gasteiger partial charge in [0, 0.05) is 32.0 Å². The molecule has 0 radical (unpaired) electrons. The molecular weight excluding hydrogens is 242 g/mol. The van der Waals surface area contributed by atoms with Crippen LogP contribution in [0.25, 0.3) is 5.95 Å². The molecule has 0 aliphatic heterocycles. The Hall–Kier alpha value is -2.18. The summed E-state index contributed by atoms with van der Waals surface area (Å²) in [7, 11) is 0. The molecule has 0 saturated heterocycles. The molecule has 0 saturated carbocycles. The standard InChI is InChI=1S/C12H19N7/c1-4-13-10-15-11(18(5-2)6-3)17-12(16-10)19-9-7-8-14-19/h7-9H,4-6H2,1-3H3,(H,13,15,16,17). The van der Waals surface area contributed by atoms with E-state index in [0.29, 0.717) is 17.8 Å². The van der Waals surface area contributed by atoms with Gasteiger partial charge in [0.25, 0.3) is 5.95 Å². The van der Waals surface area contributed by atoms with E-state index >= 15 is 0 Å². The van der Waals surface area contributed by atoms with Crippen molar-refractivity contribution in [2.45, 2.75) is 20.8 Å². The largest absolute Gasteiger partial charge is 0.354 e. The second kappa shape index (κ2) is 6.12. The van der Waals surface area contributed by atoms with E-state index in [1.165, 1.54) is 0 Å². The van der Waals surface area contributed by atoms with Crippen LogP contribution in [-0.4, -0.2) is 44.4 Å². The predicted molar refractivity (Wildman–Crippen MR) is 74.7 cm³/mol. The van der Waals surface area contributed by atoms with Crippen molar-refractivity contribution in [3.8, 4) is 5.95 Å². The summed E-state index contributed by atoms with van der Waals surface area (Å²) in [5.74, 6) is 1.77. The van der Waals surface area contributed by atoms with Crippen molar-refractivity contribution < 1.29 is 0 Å². The molecule has 0 atom stereocenters. The van der Waals surface area contributed by atoms with Crippen LogP contribution in [-0.2, 0) is 0 Å². The van der Waals surface area contributed by atoms with Gasteiger partial charge in [-0.3, -0.25) is 0 Å². The zero-order chi connectivity index (χ0) is 13.7. The molecule has 2 aromatic rings. The number of nitrogens with zero attached hydrogens (tertiary/aromatic N) is 6. The third kappa shape index (κ3) is 2.98. The van der Waals surface area contributed by atoms with Crippen LogP contribution >= 0.6 is 0 Å². The first-order chi connectivity index (χ1) is 9.28. The van der Waals surface area contributed by atoms with Gasteiger partial charge in [-0.25, -0.2) is 4.68 Å². The number of hydrogen-bond donors (Lipinski definition) is 1. The van der Waals surface area contributed by atoms with Crippen molar-refractivity contribution in [1.29, 1.82) is 0 Å². The van der Waals surface area contributed by atoms with E-state index in [0.717, 1.165) is 19.6 Å². The van der Waals surface area contributed by atoms with Crippen molar-refractivity contribution in [3.63, 3.8) is 0 Å². The minimum Gasteiger partial charge on any atom is -0.354 e. The highest BCUT2D eigenvalue weighted by Crippen LogP contribution is 2.12. The fourth-order valence-corrected chi connectivity index (χ4v) is 1.73. The minimum atomic E-state index is 0.526. The number of rotatable bonds is 6. The van der Waals surface area contributed by atoms with Gasteiger partial charge in [0.15, 0.2) is 0 Å². The molecule has 0 aromatic carbocycles. The van der Waals surface area contributed by atoms with Crippen molar-refractivity contribution in [2.24, 2.45) is 0 Å². The molecule has 19 heavy (non-hydrogen) atoms. The summed E-state index contributed by atoms with van der Waals surface area (Å²) >= 11 is 0. The average Bonchev–Trinajstić information content (AvgIpc) is 2.94. The second-order valence-electron chi connectivity index (χ2n) is 3.91. The average molecular weight is 261 g/mol. The maximum atomic E-state index is 4.46. The zero-order valence-corrected chi connectivity index (χ0v) is 11.5. The van der Waals surface area contributed by atoms with Crippen LogP contribution in [0.5, 0.6) is 0 Å². The molecule has 0 fully saturated rings. The van der Waals surface area contributed by atoms with Crippen molar-refractivity contribution in [2.75, 3.05) is 29.9 Å². The summed E-state index contributed by atoms with van der Waals surface area (Å²) in [4.78, 5) is 15.3. The quantitative estimate of drug-likeness (QED) is 0.846. The van der Waals surface area contributed by atoms with E-state index in [-0.39, 0.29) is 0 Å². The van der Waals surface area contributed by atoms with Crippen LogP contribution in [0, 0.1) is 0 Å². The molecule has 0 aliphatic carbocycles. The van der Waals surface area contributed by atoms with Gasteiger partial charge in [0.05, 0.1) is 0 Å². The maximum absolute atomic E-state index is 4.46. The summed E-state index contributed by atoms with van der Waals surface area (Å²) in [6.07, 6.45) is 3.52. The Balaban J connectivity index is 2.43. The van der Waals surface area contributed by atoms with Crippen molar-refractivity contribution >= 4 is 11.9 Å². The monoisotopic (exact) mass is 261 g/mol. The highest BCUT2D eigenvalue weighted by molar-refractivity contribution is 5.39. The molecule has 0 amide bonds. The van der Waals surface area contributed by atoms with Crippen LogP contribution in [0.15, 0.2) is 18.5 Å². The molecule has 0 aliphatic rings. The van der Waals surface area contributed by atoms with Gasteiger partial charge < -0.3 is 10.2 Å². The van der Waals surface area contributed by atoms with Gasteiger partial charge in [-0.15, -0.1) is 0 Å². The van der Waals surface area contributed by atoms with Gasteiger partial charge in [-0.2, -0.15) is 20.1 Å². The third-order valence-electron chi connectivity index (χ3n) is 2.70. The first-order valence-electron chi connectivity index (χ1n) is 6.53. The molecule has 2 rings (SSSR count). The molecule has 1 N–H and O–H groups in total. The van der Waals surface area contributed by atoms with E-state index in [2.05, 4.69) is 44.1 Å². The fourth-order valence-electron chi connectivity index (χ4n) is 1.73. The number of nitrogens with one attached hydrogen (secondary N) is 1. The van der Waals surface area contributed by atoms with E-state index < -0.39 is 0 Å². The lowest BCUT2D eigenvalue weighted by atomic mass is 10.5. The SMILES string of the molecule is CCNc1nc(N(CC)CC)nc(-n2cccn2)n1. The van der Waals surface area contributed by atoms with Crippen LogP contribution in [0.3, 0.4) is 0 Å². The van der Waals surface area contributed by atoms with E-state index in [1.54, 1.807) is 10.9 Å². The Kier molecular flexibility index (Phi) is 4.27. The molecule has 7 nitrogen and oxygen atoms in total. The van der Waals surface area contributed by atoms with Gasteiger partial charge in [-0.1, -0.05) is 0 Å². The second-order valence-corrected chi connectivity index (χ2v) is 3.91. The highest BCUT2D eigenvalue weighted by Gasteiger charge is 2.11. The number of hydrogen-bond acceptors (Lipinski definition) is 6. The first-order valence-corrected chi connectivity index (χ1v) is 6.53. The first kappa shape index (κ1) is 13.3. The Morgan fingerprint density at radius 1 is 1.16 bits per heavy atom. The number of anilines is 2. The van der Waals surface area contributed by atoms with Crippen LogP contribution in [0.1, 0.15) is 20.8 Å². The summed E-state index contributed by atoms with van der Waals surface area (Å²) in [6, 6.07) is 1.84. The normalized spacial score (nSPS) is 10.5. The smallest absolute Gasteiger partial charge is 0.257 e. The van der Waals surface area contributed by atoms with Crippen LogP contribution in [0.4, 0.5) is 11.9 Å². The van der Waals surface area contributed by atoms with Crippen molar-refractivity contribution in [1.82, 2.24) is 24.7 Å². The summed E-state index contributed by atoms with van der Waals surface area (Å²) in [5.41, 5.74) is 0. The zero-order valence-electron chi connectivity index (χ0n) is 11.5. The van der Waals surface area contributed by atoms with Gasteiger partial charge in [0.1, 0.15) is 0 Å². The lowest BCUT2D eigenvalue weighted by Gasteiger charge is -2.19. The maximum Gasteiger partial charge on any atom is 0.257 e. The van der Waals surface area contributed by atoms with Gasteiger partial charge in [-0.05, 0) is 26.8 Å². The summed E-state index contributed by atoms with van der Waals surface area (Å²) in [6.45, 7) is 8.63. The molecule has 0 unspecified atom stereocenters. The van der Waals surface area contributed by atoms with Crippen LogP contribution < -0.4 is 10.2 Å². The Morgan fingerprint density at radius 3 is 2.53 bits per heavy atom. The summed E-state index contributed by atoms with van der Waals surface area (Å²) in [5, 5.41) is 7.28. The molecule has 7 heteroatoms. The molecule has 0 spiro atoms. The molecule has 102 valence electrons. The topological polar surface area (TPSA) is 71.8 Å². The van der Waals surface area contributed by atoms with E-state index in [1.807, 2.05) is 19.2 Å². The highest BCUT2D eigenvalue weighted by atomic mass is 15.4. The lowest BCUT2D eigenvalue weighted by Crippen LogP contribution is -2.25. The van der Waals surface area contributed by atoms with Crippen molar-refractivity contribution in [3.05, 3.63) is 18.5 Å². The van der Waals surface area contributed by atoms with E-state index in [4.69, 9.17) is 0 Å². The Bertz CT molecular complexity index is 505. The minimum absolute atomic E-state index is 0.526. The van der Waals surface area contributed by atoms with Crippen LogP contribution in [0.2, 0.25) is 0 Å². The Labute approximate surface area is 112 Å². The summed E-state index contributed by atoms with van der Waals surface area (Å²) < 4.78 is 1.63. The Morgan fingerprint density at radius 2 is 1.95 bits per heavy atom. The van der Waals surface area contributed by atoms with Gasteiger partial charge >= 0.3 is 0 Å². The van der Waals surface area contributed by atoms with Gasteiger partial charge in [0.2, 0.25) is 11.9 Å². The molecule has 2 aromatic heterocycles. The molecule has 2 heterocycles. The van der Waals surface area contributed by atoms with E-state index in [9.17, 15) is 0 Å². The predicted octanol–water partition coefficient (Wildman–Crippen LogP) is 1.34. The lowest BCUT2D eigenvalue weighted by molar-refractivity contribution is 0.762. The fraction of sp³-hybridized carbons (Fsp3) is 0.500. The molecule has 0 bridgehead atoms. The number of aromatic nitrogens is 5. The molecular formula is C12H19N7.